The van der Waals surface area contributed by atoms with Crippen molar-refractivity contribution < 1.29 is 28.6 Å². The number of carbonyl (C=O) groups is 2. The van der Waals surface area contributed by atoms with Crippen LogP contribution in [0, 0.1) is 5.92 Å². The minimum atomic E-state index is -3.15. The third kappa shape index (κ3) is 4.27. The fourth-order valence-corrected chi connectivity index (χ4v) is 1.66. The molecule has 0 aliphatic rings. The van der Waals surface area contributed by atoms with Crippen molar-refractivity contribution in [2.45, 2.75) is 19.3 Å². The fourth-order valence-electron chi connectivity index (χ4n) is 1.66. The topological polar surface area (TPSA) is 86.6 Å². The first kappa shape index (κ1) is 16.0. The minimum Gasteiger partial charge on any atom is -0.481 e. The molecule has 1 aromatic rings. The molecule has 0 heterocycles. The van der Waals surface area contributed by atoms with Gasteiger partial charge in [-0.15, -0.1) is 0 Å². The van der Waals surface area contributed by atoms with Crippen LogP contribution in [0.15, 0.2) is 24.3 Å². The highest BCUT2D eigenvalue weighted by atomic mass is 19.3. The van der Waals surface area contributed by atoms with E-state index in [0.717, 1.165) is 0 Å². The van der Waals surface area contributed by atoms with E-state index in [1.165, 1.54) is 24.3 Å². The van der Waals surface area contributed by atoms with Crippen molar-refractivity contribution in [1.82, 2.24) is 0 Å². The molecular weight excluding hydrogens is 272 g/mol. The van der Waals surface area contributed by atoms with Gasteiger partial charge in [0.1, 0.15) is 0 Å². The van der Waals surface area contributed by atoms with Gasteiger partial charge in [0.15, 0.2) is 0 Å². The molecule has 1 amide bonds. The van der Waals surface area contributed by atoms with Crippen LogP contribution in [0.3, 0.4) is 0 Å². The number of carboxylic acid groups (broad SMARTS) is 1. The average molecular weight is 287 g/mol. The molecule has 0 fully saturated rings. The lowest BCUT2D eigenvalue weighted by atomic mass is 10.0. The maximum absolute atomic E-state index is 13.4. The number of rotatable bonds is 6. The summed E-state index contributed by atoms with van der Waals surface area (Å²) in [4.78, 5) is 22.3. The van der Waals surface area contributed by atoms with Crippen molar-refractivity contribution >= 4 is 17.6 Å². The highest BCUT2D eigenvalue weighted by molar-refractivity contribution is 5.95. The molecule has 0 spiro atoms. The van der Waals surface area contributed by atoms with Gasteiger partial charge in [-0.05, 0) is 6.07 Å². The van der Waals surface area contributed by atoms with Gasteiger partial charge in [-0.25, -0.2) is 8.78 Å². The van der Waals surface area contributed by atoms with Gasteiger partial charge in [0.05, 0.1) is 18.9 Å². The smallest absolute Gasteiger partial charge is 0.304 e. The quantitative estimate of drug-likeness (QED) is 0.745. The summed E-state index contributed by atoms with van der Waals surface area (Å²) in [6.07, 6.45) is -0.576. The number of aliphatic hydroxyl groups excluding tert-OH is 1. The number of hydrogen-bond acceptors (Lipinski definition) is 3. The minimum absolute atomic E-state index is 0.103. The van der Waals surface area contributed by atoms with Crippen molar-refractivity contribution in [3.8, 4) is 0 Å². The molecule has 0 aliphatic carbocycles. The fraction of sp³-hybridized carbons (Fsp3) is 0.385. The first-order valence-electron chi connectivity index (χ1n) is 5.86. The number of aliphatic hydroxyl groups is 1. The zero-order valence-electron chi connectivity index (χ0n) is 10.8. The van der Waals surface area contributed by atoms with Crippen molar-refractivity contribution in [1.29, 1.82) is 0 Å². The van der Waals surface area contributed by atoms with Gasteiger partial charge in [0.25, 0.3) is 5.92 Å². The first-order chi connectivity index (χ1) is 9.25. The molecule has 1 aromatic carbocycles. The molecule has 0 saturated carbocycles. The van der Waals surface area contributed by atoms with Gasteiger partial charge in [0.2, 0.25) is 5.91 Å². The number of carbonyl (C=O) groups excluding carboxylic acids is 1. The molecule has 0 radical (unpaired) electrons. The summed E-state index contributed by atoms with van der Waals surface area (Å²) in [5.74, 6) is -6.41. The third-order valence-electron chi connectivity index (χ3n) is 2.67. The molecule has 20 heavy (non-hydrogen) atoms. The van der Waals surface area contributed by atoms with E-state index in [1.54, 1.807) is 0 Å². The monoisotopic (exact) mass is 287 g/mol. The van der Waals surface area contributed by atoms with Crippen molar-refractivity contribution in [3.05, 3.63) is 29.8 Å². The predicted molar refractivity (Wildman–Crippen MR) is 67.5 cm³/mol. The van der Waals surface area contributed by atoms with Crippen molar-refractivity contribution in [3.63, 3.8) is 0 Å². The van der Waals surface area contributed by atoms with Crippen LogP contribution in [0.4, 0.5) is 14.5 Å². The molecule has 7 heteroatoms. The molecule has 0 saturated heterocycles. The van der Waals surface area contributed by atoms with Gasteiger partial charge in [-0.2, -0.15) is 0 Å². The lowest BCUT2D eigenvalue weighted by molar-refractivity contribution is -0.140. The molecule has 0 aromatic heterocycles. The second kappa shape index (κ2) is 6.42. The highest BCUT2D eigenvalue weighted by Gasteiger charge is 2.29. The summed E-state index contributed by atoms with van der Waals surface area (Å²) in [6, 6.07) is 5.33. The number of para-hydroxylation sites is 1. The number of aliphatic carboxylic acids is 1. The van der Waals surface area contributed by atoms with Gasteiger partial charge in [0, 0.05) is 18.2 Å². The Labute approximate surface area is 114 Å². The summed E-state index contributed by atoms with van der Waals surface area (Å²) in [5, 5.41) is 19.8. The maximum atomic E-state index is 13.4. The average Bonchev–Trinajstić information content (AvgIpc) is 2.34. The van der Waals surface area contributed by atoms with E-state index in [-0.39, 0.29) is 11.3 Å². The van der Waals surface area contributed by atoms with E-state index in [0.29, 0.717) is 6.92 Å². The van der Waals surface area contributed by atoms with E-state index >= 15 is 0 Å². The number of hydrogen-bond donors (Lipinski definition) is 3. The molecule has 5 nitrogen and oxygen atoms in total. The maximum Gasteiger partial charge on any atom is 0.304 e. The normalized spacial score (nSPS) is 12.8. The summed E-state index contributed by atoms with van der Waals surface area (Å²) in [5.41, 5.74) is -0.478. The molecule has 110 valence electrons. The molecule has 3 N–H and O–H groups in total. The Morgan fingerprint density at radius 1 is 1.35 bits per heavy atom. The molecule has 1 unspecified atom stereocenters. The lowest BCUT2D eigenvalue weighted by Gasteiger charge is -2.18. The number of carboxylic acids is 1. The Kier molecular flexibility index (Phi) is 5.15. The summed E-state index contributed by atoms with van der Waals surface area (Å²) in [6.45, 7) is 0.0155. The molecule has 1 rings (SSSR count). The molecule has 0 aliphatic heterocycles. The number of amides is 1. The SMILES string of the molecule is CC(F)(F)c1ccccc1NC(=O)C(CO)CC(=O)O. The highest BCUT2D eigenvalue weighted by Crippen LogP contribution is 2.32. The van der Waals surface area contributed by atoms with E-state index in [9.17, 15) is 18.4 Å². The zero-order valence-corrected chi connectivity index (χ0v) is 10.8. The van der Waals surface area contributed by atoms with E-state index in [4.69, 9.17) is 10.2 Å². The van der Waals surface area contributed by atoms with E-state index in [1.807, 2.05) is 0 Å². The van der Waals surface area contributed by atoms with E-state index < -0.39 is 36.7 Å². The zero-order chi connectivity index (χ0) is 15.3. The Morgan fingerprint density at radius 2 is 1.95 bits per heavy atom. The van der Waals surface area contributed by atoms with Crippen molar-refractivity contribution in [2.24, 2.45) is 5.92 Å². The van der Waals surface area contributed by atoms with Gasteiger partial charge in [-0.3, -0.25) is 9.59 Å². The first-order valence-corrected chi connectivity index (χ1v) is 5.86. The molecular formula is C13H15F2NO4. The lowest BCUT2D eigenvalue weighted by Crippen LogP contribution is -2.29. The number of anilines is 1. The van der Waals surface area contributed by atoms with Gasteiger partial charge >= 0.3 is 5.97 Å². The second-order valence-electron chi connectivity index (χ2n) is 4.40. The van der Waals surface area contributed by atoms with Crippen LogP contribution in [0.1, 0.15) is 18.9 Å². The van der Waals surface area contributed by atoms with Crippen LogP contribution in [0.25, 0.3) is 0 Å². The summed E-state index contributed by atoms with van der Waals surface area (Å²) < 4.78 is 26.7. The summed E-state index contributed by atoms with van der Waals surface area (Å²) >= 11 is 0. The number of nitrogens with one attached hydrogen (secondary N) is 1. The second-order valence-corrected chi connectivity index (χ2v) is 4.40. The Hall–Kier alpha value is -2.02. The number of halogens is 2. The van der Waals surface area contributed by atoms with Crippen LogP contribution in [-0.4, -0.2) is 28.7 Å². The number of alkyl halides is 2. The van der Waals surface area contributed by atoms with Gasteiger partial charge < -0.3 is 15.5 Å². The van der Waals surface area contributed by atoms with Crippen LogP contribution >= 0.6 is 0 Å². The Morgan fingerprint density at radius 3 is 2.45 bits per heavy atom. The predicted octanol–water partition coefficient (Wildman–Crippen LogP) is 1.82. The van der Waals surface area contributed by atoms with Crippen LogP contribution in [0.5, 0.6) is 0 Å². The largest absolute Gasteiger partial charge is 0.481 e. The third-order valence-corrected chi connectivity index (χ3v) is 2.67. The van der Waals surface area contributed by atoms with Crippen LogP contribution < -0.4 is 5.32 Å². The van der Waals surface area contributed by atoms with E-state index in [2.05, 4.69) is 5.32 Å². The van der Waals surface area contributed by atoms with Gasteiger partial charge in [-0.1, -0.05) is 18.2 Å². The summed E-state index contributed by atoms with van der Waals surface area (Å²) in [7, 11) is 0. The Balaban J connectivity index is 2.93. The van der Waals surface area contributed by atoms with Crippen molar-refractivity contribution in [2.75, 3.05) is 11.9 Å². The molecule has 0 bridgehead atoms. The van der Waals surface area contributed by atoms with Crippen LogP contribution in [0.2, 0.25) is 0 Å². The number of benzene rings is 1. The van der Waals surface area contributed by atoms with Crippen LogP contribution in [-0.2, 0) is 15.5 Å². The standard InChI is InChI=1S/C13H15F2NO4/c1-13(14,15)9-4-2-3-5-10(9)16-12(20)8(7-17)6-11(18)19/h2-5,8,17H,6-7H2,1H3,(H,16,20)(H,18,19). The Bertz CT molecular complexity index is 499. The molecule has 1 atom stereocenters.